The molecule has 0 aliphatic carbocycles. The van der Waals surface area contributed by atoms with Crippen LogP contribution >= 0.6 is 0 Å². The fraction of sp³-hybridized carbons (Fsp3) is 0.714. The minimum Gasteiger partial charge on any atom is -0.493 e. The van der Waals surface area contributed by atoms with Gasteiger partial charge in [0.15, 0.2) is 0 Å². The number of nitrogens with one attached hydrogen (secondary N) is 1. The first kappa shape index (κ1) is 27.5. The number of benzene rings is 1. The zero-order valence-corrected chi connectivity index (χ0v) is 22.7. The molecule has 2 heterocycles. The van der Waals surface area contributed by atoms with Crippen LogP contribution in [0.2, 0.25) is 0 Å². The highest BCUT2D eigenvalue weighted by Crippen LogP contribution is 2.34. The van der Waals surface area contributed by atoms with Gasteiger partial charge in [-0.1, -0.05) is 6.07 Å². The molecular weight excluding hydrogens is 440 g/mol. The van der Waals surface area contributed by atoms with Gasteiger partial charge in [-0.15, -0.1) is 0 Å². The molecule has 2 aliphatic rings. The maximum Gasteiger partial charge on any atom is 0.242 e. The number of rotatable bonds is 11. The molecular formula is C28H46N4O3. The van der Waals surface area contributed by atoms with E-state index in [1.54, 1.807) is 11.8 Å². The second-order valence-electron chi connectivity index (χ2n) is 10.7. The van der Waals surface area contributed by atoms with Crippen molar-refractivity contribution in [1.29, 1.82) is 0 Å². The molecule has 2 fully saturated rings. The lowest BCUT2D eigenvalue weighted by molar-refractivity contribution is -0.140. The summed E-state index contributed by atoms with van der Waals surface area (Å²) in [6.07, 6.45) is 4.98. The summed E-state index contributed by atoms with van der Waals surface area (Å²) < 4.78 is 6.08. The molecule has 1 N–H and O–H groups in total. The number of piperidine rings is 1. The predicted octanol–water partition coefficient (Wildman–Crippen LogP) is 3.53. The summed E-state index contributed by atoms with van der Waals surface area (Å²) in [5, 5.41) is 3.12. The zero-order chi connectivity index (χ0) is 25.5. The Morgan fingerprint density at radius 3 is 2.57 bits per heavy atom. The van der Waals surface area contributed by atoms with E-state index in [1.807, 2.05) is 0 Å². The van der Waals surface area contributed by atoms with Crippen LogP contribution in [-0.2, 0) is 9.59 Å². The maximum absolute atomic E-state index is 12.7. The van der Waals surface area contributed by atoms with E-state index in [0.717, 1.165) is 64.1 Å². The highest BCUT2D eigenvalue weighted by molar-refractivity contribution is 5.87. The number of carbonyl (C=O) groups is 2. The summed E-state index contributed by atoms with van der Waals surface area (Å²) in [5.41, 5.74) is 3.89. The number of unbranched alkanes of at least 4 members (excludes halogenated alkanes) is 1. The molecule has 196 valence electrons. The lowest BCUT2D eigenvalue weighted by Crippen LogP contribution is -2.55. The molecule has 35 heavy (non-hydrogen) atoms. The van der Waals surface area contributed by atoms with E-state index in [4.69, 9.17) is 4.74 Å². The second kappa shape index (κ2) is 12.7. The molecule has 1 aromatic carbocycles. The van der Waals surface area contributed by atoms with Gasteiger partial charge in [0.25, 0.3) is 0 Å². The molecule has 7 nitrogen and oxygen atoms in total. The molecule has 0 spiro atoms. The third kappa shape index (κ3) is 7.20. The first-order valence-corrected chi connectivity index (χ1v) is 13.4. The van der Waals surface area contributed by atoms with E-state index < -0.39 is 0 Å². The minimum atomic E-state index is -0.296. The quantitative estimate of drug-likeness (QED) is 0.485. The molecule has 2 amide bonds. The lowest BCUT2D eigenvalue weighted by atomic mass is 9.91. The van der Waals surface area contributed by atoms with Gasteiger partial charge in [0.2, 0.25) is 11.8 Å². The third-order valence-electron chi connectivity index (χ3n) is 7.79. The highest BCUT2D eigenvalue weighted by Gasteiger charge is 2.34. The Hall–Kier alpha value is -2.12. The number of hydrogen-bond donors (Lipinski definition) is 1. The summed E-state index contributed by atoms with van der Waals surface area (Å²) in [5.74, 6) is 1.46. The SMILES string of the molecule is CC(=O)N1CCCCC1C(=O)NCC1CN([C@H](C)c2ccc(OCCCCN(C)C)c(C)c2C)C1. The van der Waals surface area contributed by atoms with Crippen molar-refractivity contribution in [2.45, 2.75) is 71.9 Å². The predicted molar refractivity (Wildman–Crippen MR) is 141 cm³/mol. The Labute approximate surface area is 212 Å². The molecule has 2 atom stereocenters. The topological polar surface area (TPSA) is 65.1 Å². The highest BCUT2D eigenvalue weighted by atomic mass is 16.5. The van der Waals surface area contributed by atoms with E-state index >= 15 is 0 Å². The summed E-state index contributed by atoms with van der Waals surface area (Å²) in [6.45, 7) is 13.4. The average molecular weight is 487 g/mol. The van der Waals surface area contributed by atoms with Gasteiger partial charge in [0.05, 0.1) is 6.61 Å². The number of hydrogen-bond acceptors (Lipinski definition) is 5. The molecule has 0 aromatic heterocycles. The Morgan fingerprint density at radius 1 is 1.14 bits per heavy atom. The number of ether oxygens (including phenoxy) is 1. The first-order chi connectivity index (χ1) is 16.7. The van der Waals surface area contributed by atoms with Gasteiger partial charge in [-0.2, -0.15) is 0 Å². The average Bonchev–Trinajstić information content (AvgIpc) is 2.79. The van der Waals surface area contributed by atoms with Gasteiger partial charge >= 0.3 is 0 Å². The molecule has 0 saturated carbocycles. The van der Waals surface area contributed by atoms with Gasteiger partial charge in [0, 0.05) is 45.1 Å². The van der Waals surface area contributed by atoms with Crippen molar-refractivity contribution in [2.75, 3.05) is 53.4 Å². The summed E-state index contributed by atoms with van der Waals surface area (Å²) >= 11 is 0. The van der Waals surface area contributed by atoms with Gasteiger partial charge in [0.1, 0.15) is 11.8 Å². The summed E-state index contributed by atoms with van der Waals surface area (Å²) in [6, 6.07) is 4.39. The number of carbonyl (C=O) groups excluding carboxylic acids is 2. The fourth-order valence-corrected chi connectivity index (χ4v) is 5.33. The van der Waals surface area contributed by atoms with Crippen molar-refractivity contribution >= 4 is 11.8 Å². The van der Waals surface area contributed by atoms with Crippen molar-refractivity contribution in [3.63, 3.8) is 0 Å². The molecule has 2 saturated heterocycles. The van der Waals surface area contributed by atoms with Crippen molar-refractivity contribution in [2.24, 2.45) is 5.92 Å². The number of amides is 2. The standard InChI is InChI=1S/C28H46N4O3/c1-20-21(2)27(35-16-10-9-14-30(5)6)13-12-25(20)22(3)31-18-24(19-31)17-29-28(34)26-11-7-8-15-32(26)23(4)33/h12-13,22,24,26H,7-11,14-19H2,1-6H3,(H,29,34)/t22-,26?/m1/s1. The Morgan fingerprint density at radius 2 is 1.89 bits per heavy atom. The fourth-order valence-electron chi connectivity index (χ4n) is 5.33. The van der Waals surface area contributed by atoms with Crippen molar-refractivity contribution in [1.82, 2.24) is 20.0 Å². The van der Waals surface area contributed by atoms with Crippen LogP contribution in [0.25, 0.3) is 0 Å². The van der Waals surface area contributed by atoms with Crippen LogP contribution in [0.1, 0.15) is 68.7 Å². The van der Waals surface area contributed by atoms with Crippen LogP contribution in [0.5, 0.6) is 5.75 Å². The summed E-state index contributed by atoms with van der Waals surface area (Å²) in [7, 11) is 4.20. The zero-order valence-electron chi connectivity index (χ0n) is 22.7. The largest absolute Gasteiger partial charge is 0.493 e. The van der Waals surface area contributed by atoms with E-state index in [2.05, 4.69) is 62.1 Å². The minimum absolute atomic E-state index is 0.0000901. The Bertz CT molecular complexity index is 866. The van der Waals surface area contributed by atoms with Crippen LogP contribution in [-0.4, -0.2) is 86.0 Å². The monoisotopic (exact) mass is 486 g/mol. The van der Waals surface area contributed by atoms with Crippen molar-refractivity contribution < 1.29 is 14.3 Å². The van der Waals surface area contributed by atoms with E-state index in [-0.39, 0.29) is 17.9 Å². The van der Waals surface area contributed by atoms with Crippen LogP contribution in [0.3, 0.4) is 0 Å². The molecule has 1 unspecified atom stereocenters. The van der Waals surface area contributed by atoms with Crippen LogP contribution in [0.4, 0.5) is 0 Å². The molecule has 0 radical (unpaired) electrons. The first-order valence-electron chi connectivity index (χ1n) is 13.4. The van der Waals surface area contributed by atoms with Crippen LogP contribution in [0.15, 0.2) is 12.1 Å². The molecule has 0 bridgehead atoms. The molecule has 7 heteroatoms. The third-order valence-corrected chi connectivity index (χ3v) is 7.79. The smallest absolute Gasteiger partial charge is 0.242 e. The van der Waals surface area contributed by atoms with E-state index in [1.165, 1.54) is 16.7 Å². The van der Waals surface area contributed by atoms with Crippen LogP contribution < -0.4 is 10.1 Å². The second-order valence-corrected chi connectivity index (χ2v) is 10.7. The molecule has 2 aliphatic heterocycles. The lowest BCUT2D eigenvalue weighted by Gasteiger charge is -2.44. The Balaban J connectivity index is 1.45. The van der Waals surface area contributed by atoms with Crippen LogP contribution in [0, 0.1) is 19.8 Å². The Kier molecular flexibility index (Phi) is 9.99. The van der Waals surface area contributed by atoms with Gasteiger partial charge < -0.3 is 19.9 Å². The van der Waals surface area contributed by atoms with E-state index in [0.29, 0.717) is 25.0 Å². The van der Waals surface area contributed by atoms with Gasteiger partial charge in [-0.05, 0) is 96.3 Å². The normalized spacial score (nSPS) is 20.0. The van der Waals surface area contributed by atoms with Gasteiger partial charge in [-0.25, -0.2) is 0 Å². The maximum atomic E-state index is 12.7. The molecule has 1 aromatic rings. The van der Waals surface area contributed by atoms with Crippen molar-refractivity contribution in [3.05, 3.63) is 28.8 Å². The van der Waals surface area contributed by atoms with E-state index in [9.17, 15) is 9.59 Å². The van der Waals surface area contributed by atoms with Gasteiger partial charge in [-0.3, -0.25) is 14.5 Å². The molecule has 3 rings (SSSR count). The number of likely N-dealkylation sites (tertiary alicyclic amines) is 2. The number of nitrogens with zero attached hydrogens (tertiary/aromatic N) is 3. The summed E-state index contributed by atoms with van der Waals surface area (Å²) in [4.78, 5) is 31.0. The van der Waals surface area contributed by atoms with Crippen molar-refractivity contribution in [3.8, 4) is 5.75 Å².